The first-order valence-corrected chi connectivity index (χ1v) is 7.83. The molecule has 1 N–H and O–H groups in total. The van der Waals surface area contributed by atoms with E-state index in [1.54, 1.807) is 0 Å². The standard InChI is InChI=1S/C16H31N3/c1-6-9-17-12-14(4)13(3)11-16-8-10-19(18-16)15(5)7-2/h8,10,13-15,17H,6-7,9,11-12H2,1-5H3. The lowest BCUT2D eigenvalue weighted by molar-refractivity contribution is 0.360. The highest BCUT2D eigenvalue weighted by atomic mass is 15.3. The molecule has 0 aliphatic rings. The summed E-state index contributed by atoms with van der Waals surface area (Å²) in [5, 5.41) is 8.20. The molecule has 0 amide bonds. The average molecular weight is 265 g/mol. The molecule has 0 bridgehead atoms. The van der Waals surface area contributed by atoms with Crippen LogP contribution in [0.3, 0.4) is 0 Å². The van der Waals surface area contributed by atoms with Gasteiger partial charge in [-0.25, -0.2) is 0 Å². The van der Waals surface area contributed by atoms with Crippen molar-refractivity contribution >= 4 is 0 Å². The molecule has 1 aromatic heterocycles. The van der Waals surface area contributed by atoms with E-state index in [9.17, 15) is 0 Å². The maximum absolute atomic E-state index is 4.70. The van der Waals surface area contributed by atoms with Gasteiger partial charge in [-0.3, -0.25) is 4.68 Å². The zero-order chi connectivity index (χ0) is 14.3. The van der Waals surface area contributed by atoms with Gasteiger partial charge in [0, 0.05) is 12.2 Å². The third-order valence-electron chi connectivity index (χ3n) is 4.10. The fourth-order valence-electron chi connectivity index (χ4n) is 2.16. The van der Waals surface area contributed by atoms with E-state index in [4.69, 9.17) is 5.10 Å². The molecule has 3 heteroatoms. The van der Waals surface area contributed by atoms with Gasteiger partial charge >= 0.3 is 0 Å². The Hall–Kier alpha value is -0.830. The van der Waals surface area contributed by atoms with Crippen LogP contribution in [0.5, 0.6) is 0 Å². The SMILES string of the molecule is CCCNCC(C)C(C)Cc1ccn(C(C)CC)n1. The lowest BCUT2D eigenvalue weighted by Gasteiger charge is -2.19. The number of hydrogen-bond donors (Lipinski definition) is 1. The van der Waals surface area contributed by atoms with Crippen LogP contribution in [-0.4, -0.2) is 22.9 Å². The predicted molar refractivity (Wildman–Crippen MR) is 82.4 cm³/mol. The normalized spacial score (nSPS) is 16.3. The Balaban J connectivity index is 2.42. The second-order valence-electron chi connectivity index (χ2n) is 5.91. The molecular formula is C16H31N3. The van der Waals surface area contributed by atoms with Crippen LogP contribution < -0.4 is 5.32 Å². The molecule has 0 spiro atoms. The molecule has 3 unspecified atom stereocenters. The van der Waals surface area contributed by atoms with E-state index in [2.05, 4.69) is 56.9 Å². The third kappa shape index (κ3) is 5.35. The topological polar surface area (TPSA) is 29.9 Å². The quantitative estimate of drug-likeness (QED) is 0.690. The zero-order valence-electron chi connectivity index (χ0n) is 13.3. The van der Waals surface area contributed by atoms with E-state index in [0.29, 0.717) is 17.9 Å². The minimum absolute atomic E-state index is 0.507. The van der Waals surface area contributed by atoms with Gasteiger partial charge in [0.2, 0.25) is 0 Å². The monoisotopic (exact) mass is 265 g/mol. The first-order chi connectivity index (χ1) is 9.08. The highest BCUT2D eigenvalue weighted by molar-refractivity contribution is 5.01. The summed E-state index contributed by atoms with van der Waals surface area (Å²) in [6.45, 7) is 13.5. The maximum Gasteiger partial charge on any atom is 0.0627 e. The molecule has 3 nitrogen and oxygen atoms in total. The summed E-state index contributed by atoms with van der Waals surface area (Å²) in [7, 11) is 0. The van der Waals surface area contributed by atoms with Gasteiger partial charge in [-0.05, 0) is 57.2 Å². The number of nitrogens with one attached hydrogen (secondary N) is 1. The van der Waals surface area contributed by atoms with Crippen molar-refractivity contribution in [2.45, 2.75) is 59.9 Å². The van der Waals surface area contributed by atoms with Gasteiger partial charge in [0.05, 0.1) is 5.69 Å². The highest BCUT2D eigenvalue weighted by Crippen LogP contribution is 2.17. The summed E-state index contributed by atoms with van der Waals surface area (Å²) >= 11 is 0. The second kappa shape index (κ2) is 8.36. The Labute approximate surface area is 118 Å². The summed E-state index contributed by atoms with van der Waals surface area (Å²) < 4.78 is 2.10. The highest BCUT2D eigenvalue weighted by Gasteiger charge is 2.14. The van der Waals surface area contributed by atoms with E-state index >= 15 is 0 Å². The minimum atomic E-state index is 0.507. The minimum Gasteiger partial charge on any atom is -0.316 e. The van der Waals surface area contributed by atoms with Crippen molar-refractivity contribution in [1.82, 2.24) is 15.1 Å². The van der Waals surface area contributed by atoms with Crippen LogP contribution in [0.25, 0.3) is 0 Å². The largest absolute Gasteiger partial charge is 0.316 e. The van der Waals surface area contributed by atoms with E-state index in [-0.39, 0.29) is 0 Å². The van der Waals surface area contributed by atoms with Crippen molar-refractivity contribution in [2.75, 3.05) is 13.1 Å². The van der Waals surface area contributed by atoms with Crippen LogP contribution in [0.1, 0.15) is 59.2 Å². The molecule has 0 aliphatic heterocycles. The molecule has 1 heterocycles. The van der Waals surface area contributed by atoms with Gasteiger partial charge in [-0.1, -0.05) is 27.7 Å². The molecule has 19 heavy (non-hydrogen) atoms. The Bertz CT molecular complexity index is 346. The Morgan fingerprint density at radius 2 is 1.95 bits per heavy atom. The summed E-state index contributed by atoms with van der Waals surface area (Å²) in [5.74, 6) is 1.37. The number of nitrogens with zero attached hydrogens (tertiary/aromatic N) is 2. The first kappa shape index (κ1) is 16.2. The maximum atomic E-state index is 4.70. The van der Waals surface area contributed by atoms with E-state index < -0.39 is 0 Å². The van der Waals surface area contributed by atoms with E-state index in [0.717, 1.165) is 25.9 Å². The molecule has 0 aromatic carbocycles. The molecule has 0 fully saturated rings. The van der Waals surface area contributed by atoms with Crippen molar-refractivity contribution in [2.24, 2.45) is 11.8 Å². The van der Waals surface area contributed by atoms with E-state index in [1.807, 2.05) is 0 Å². The fraction of sp³-hybridized carbons (Fsp3) is 0.812. The van der Waals surface area contributed by atoms with Crippen molar-refractivity contribution in [3.63, 3.8) is 0 Å². The lowest BCUT2D eigenvalue weighted by atomic mass is 9.91. The molecule has 0 saturated carbocycles. The number of hydrogen-bond acceptors (Lipinski definition) is 2. The first-order valence-electron chi connectivity index (χ1n) is 7.83. The molecule has 3 atom stereocenters. The number of rotatable bonds is 9. The van der Waals surface area contributed by atoms with Crippen LogP contribution in [0, 0.1) is 11.8 Å². The van der Waals surface area contributed by atoms with Crippen molar-refractivity contribution in [1.29, 1.82) is 0 Å². The molecule has 0 saturated heterocycles. The smallest absolute Gasteiger partial charge is 0.0627 e. The van der Waals surface area contributed by atoms with Crippen LogP contribution in [0.2, 0.25) is 0 Å². The fourth-order valence-corrected chi connectivity index (χ4v) is 2.16. The van der Waals surface area contributed by atoms with E-state index in [1.165, 1.54) is 12.1 Å². The molecule has 0 aliphatic carbocycles. The van der Waals surface area contributed by atoms with Gasteiger partial charge in [0.15, 0.2) is 0 Å². The molecule has 0 radical (unpaired) electrons. The van der Waals surface area contributed by atoms with Crippen molar-refractivity contribution in [3.8, 4) is 0 Å². The van der Waals surface area contributed by atoms with Crippen molar-refractivity contribution in [3.05, 3.63) is 18.0 Å². The van der Waals surface area contributed by atoms with Gasteiger partial charge in [0.25, 0.3) is 0 Å². The van der Waals surface area contributed by atoms with Gasteiger partial charge in [-0.15, -0.1) is 0 Å². The zero-order valence-corrected chi connectivity index (χ0v) is 13.3. The summed E-state index contributed by atoms with van der Waals surface area (Å²) in [6, 6.07) is 2.68. The van der Waals surface area contributed by atoms with Gasteiger partial charge in [-0.2, -0.15) is 5.10 Å². The average Bonchev–Trinajstić information content (AvgIpc) is 2.86. The molecule has 1 aromatic rings. The van der Waals surface area contributed by atoms with Crippen LogP contribution >= 0.6 is 0 Å². The van der Waals surface area contributed by atoms with Crippen LogP contribution in [0.4, 0.5) is 0 Å². The third-order valence-corrected chi connectivity index (χ3v) is 4.10. The van der Waals surface area contributed by atoms with Gasteiger partial charge < -0.3 is 5.32 Å². The van der Waals surface area contributed by atoms with Crippen molar-refractivity contribution < 1.29 is 0 Å². The summed E-state index contributed by atoms with van der Waals surface area (Å²) in [5.41, 5.74) is 1.23. The van der Waals surface area contributed by atoms with Crippen LogP contribution in [0.15, 0.2) is 12.3 Å². The number of aromatic nitrogens is 2. The molecule has 110 valence electrons. The summed E-state index contributed by atoms with van der Waals surface area (Å²) in [6.07, 6.45) is 5.54. The summed E-state index contributed by atoms with van der Waals surface area (Å²) in [4.78, 5) is 0. The van der Waals surface area contributed by atoms with Gasteiger partial charge in [0.1, 0.15) is 0 Å². The van der Waals surface area contributed by atoms with Crippen LogP contribution in [-0.2, 0) is 6.42 Å². The lowest BCUT2D eigenvalue weighted by Crippen LogP contribution is -2.26. The Morgan fingerprint density at radius 1 is 1.21 bits per heavy atom. The molecular weight excluding hydrogens is 234 g/mol. The Morgan fingerprint density at radius 3 is 2.58 bits per heavy atom. The second-order valence-corrected chi connectivity index (χ2v) is 5.91. The predicted octanol–water partition coefficient (Wildman–Crippen LogP) is 3.67. The Kier molecular flexibility index (Phi) is 7.14. The molecule has 1 rings (SSSR count).